The Kier molecular flexibility index (Phi) is 9.08. The summed E-state index contributed by atoms with van der Waals surface area (Å²) in [5.74, 6) is 0.580. The van der Waals surface area contributed by atoms with Crippen molar-refractivity contribution in [3.05, 3.63) is 83.1 Å². The fourth-order valence-electron chi connectivity index (χ4n) is 5.40. The van der Waals surface area contributed by atoms with Gasteiger partial charge in [-0.25, -0.2) is 4.99 Å². The molecular formula is C31H33ClN6O2. The minimum absolute atomic E-state index is 0.00330. The summed E-state index contributed by atoms with van der Waals surface area (Å²) < 4.78 is 0. The van der Waals surface area contributed by atoms with Gasteiger partial charge in [0.1, 0.15) is 5.78 Å². The highest BCUT2D eigenvalue weighted by Crippen LogP contribution is 2.31. The lowest BCUT2D eigenvalue weighted by atomic mass is 9.77. The second kappa shape index (κ2) is 13.1. The fraction of sp³-hybridized carbons (Fsp3) is 0.355. The molecular weight excluding hydrogens is 524 g/mol. The van der Waals surface area contributed by atoms with Crippen LogP contribution in [0.5, 0.6) is 0 Å². The smallest absolute Gasteiger partial charge is 0.228 e. The van der Waals surface area contributed by atoms with Crippen molar-refractivity contribution in [2.24, 2.45) is 38.7 Å². The molecule has 1 aliphatic carbocycles. The number of ketones is 1. The predicted octanol–water partition coefficient (Wildman–Crippen LogP) is 6.09. The number of amidine groups is 1. The number of aliphatic imine (C=N–C) groups is 1. The summed E-state index contributed by atoms with van der Waals surface area (Å²) in [5.41, 5.74) is 10.2. The number of carbonyl (C=O) groups excluding carboxylic acids is 2. The zero-order valence-corrected chi connectivity index (χ0v) is 23.1. The van der Waals surface area contributed by atoms with Crippen molar-refractivity contribution in [2.45, 2.75) is 38.5 Å². The molecule has 2 heterocycles. The first-order valence-electron chi connectivity index (χ1n) is 13.7. The highest BCUT2D eigenvalue weighted by molar-refractivity contribution is 6.30. The Hall–Kier alpha value is -3.75. The maximum absolute atomic E-state index is 13.5. The van der Waals surface area contributed by atoms with Gasteiger partial charge in [0, 0.05) is 47.5 Å². The molecule has 0 bridgehead atoms. The molecule has 2 aromatic carbocycles. The summed E-state index contributed by atoms with van der Waals surface area (Å²) in [6.45, 7) is 1.01. The summed E-state index contributed by atoms with van der Waals surface area (Å²) in [5, 5.41) is 11.5. The minimum Gasteiger partial charge on any atom is -0.330 e. The zero-order valence-electron chi connectivity index (χ0n) is 22.3. The summed E-state index contributed by atoms with van der Waals surface area (Å²) >= 11 is 6.11. The topological polar surface area (TPSA) is 122 Å². The van der Waals surface area contributed by atoms with Crippen molar-refractivity contribution in [1.82, 2.24) is 4.98 Å². The number of rotatable bonds is 10. The summed E-state index contributed by atoms with van der Waals surface area (Å²) in [6.07, 6.45) is 7.67. The molecule has 1 amide bonds. The van der Waals surface area contributed by atoms with Gasteiger partial charge in [-0.15, -0.1) is 5.11 Å². The van der Waals surface area contributed by atoms with E-state index in [0.717, 1.165) is 47.9 Å². The normalized spacial score (nSPS) is 19.2. The van der Waals surface area contributed by atoms with Crippen LogP contribution in [0.4, 0.5) is 5.69 Å². The van der Waals surface area contributed by atoms with E-state index in [9.17, 15) is 9.59 Å². The van der Waals surface area contributed by atoms with Crippen molar-refractivity contribution < 1.29 is 9.59 Å². The van der Waals surface area contributed by atoms with E-state index >= 15 is 0 Å². The van der Waals surface area contributed by atoms with Gasteiger partial charge in [-0.3, -0.25) is 14.6 Å². The Labute approximate surface area is 239 Å². The van der Waals surface area contributed by atoms with Crippen LogP contribution in [0.3, 0.4) is 0 Å². The van der Waals surface area contributed by atoms with E-state index in [0.29, 0.717) is 42.1 Å². The molecule has 40 heavy (non-hydrogen) atoms. The molecule has 206 valence electrons. The Morgan fingerprint density at radius 3 is 2.33 bits per heavy atom. The standard InChI is InChI=1S/C31H33ClN6O2/c32-27-14-26(17-34-18-27)22-5-1-20(2-6-22)13-25(15-29(39)23-7-3-21(16-33)4-8-23)31(40)37-28-11-9-24(10-12-28)30-35-19-36-38-30/h1-2,5-6,9-12,14,17-18,21,23,25H,3-4,7-8,13,15-16,19,33H2,(H,37,40)/t21?,23?,25-/m1/s1. The molecule has 2 aliphatic rings. The largest absolute Gasteiger partial charge is 0.330 e. The second-order valence-electron chi connectivity index (χ2n) is 10.5. The van der Waals surface area contributed by atoms with E-state index in [4.69, 9.17) is 17.3 Å². The number of anilines is 1. The number of nitrogens with zero attached hydrogens (tertiary/aromatic N) is 4. The highest BCUT2D eigenvalue weighted by atomic mass is 35.5. The molecule has 3 aromatic rings. The molecule has 0 radical (unpaired) electrons. The number of Topliss-reactive ketones (excluding diaryl/α,β-unsaturated/α-hetero) is 1. The van der Waals surface area contributed by atoms with E-state index in [-0.39, 0.29) is 24.0 Å². The Morgan fingerprint density at radius 2 is 1.68 bits per heavy atom. The number of azo groups is 1. The van der Waals surface area contributed by atoms with Gasteiger partial charge in [-0.1, -0.05) is 35.9 Å². The number of hydrogen-bond donors (Lipinski definition) is 2. The molecule has 1 saturated carbocycles. The van der Waals surface area contributed by atoms with Crippen LogP contribution in [0, 0.1) is 17.8 Å². The van der Waals surface area contributed by atoms with Crippen molar-refractivity contribution in [1.29, 1.82) is 0 Å². The van der Waals surface area contributed by atoms with Gasteiger partial charge >= 0.3 is 0 Å². The first-order valence-corrected chi connectivity index (χ1v) is 14.1. The SMILES string of the molecule is NCC1CCC(C(=O)C[C@@H](Cc2ccc(-c3cncc(Cl)c3)cc2)C(=O)Nc2ccc(C3=NCN=N3)cc2)CC1. The number of carbonyl (C=O) groups is 2. The van der Waals surface area contributed by atoms with Gasteiger partial charge in [0.15, 0.2) is 12.5 Å². The van der Waals surface area contributed by atoms with Crippen molar-refractivity contribution in [3.63, 3.8) is 0 Å². The number of nitrogens with two attached hydrogens (primary N) is 1. The maximum atomic E-state index is 13.5. The van der Waals surface area contributed by atoms with Crippen molar-refractivity contribution in [2.75, 3.05) is 18.5 Å². The van der Waals surface area contributed by atoms with Crippen LogP contribution in [-0.2, 0) is 16.0 Å². The van der Waals surface area contributed by atoms with Crippen molar-refractivity contribution in [3.8, 4) is 11.1 Å². The number of nitrogens with one attached hydrogen (secondary N) is 1. The fourth-order valence-corrected chi connectivity index (χ4v) is 5.57. The predicted molar refractivity (Wildman–Crippen MR) is 157 cm³/mol. The van der Waals surface area contributed by atoms with Crippen LogP contribution in [0.25, 0.3) is 11.1 Å². The van der Waals surface area contributed by atoms with Gasteiger partial charge in [0.2, 0.25) is 5.91 Å². The van der Waals surface area contributed by atoms with Crippen LogP contribution in [-0.4, -0.2) is 35.7 Å². The summed E-state index contributed by atoms with van der Waals surface area (Å²) in [6, 6.07) is 17.2. The quantitative estimate of drug-likeness (QED) is 0.313. The molecule has 8 nitrogen and oxygen atoms in total. The van der Waals surface area contributed by atoms with E-state index in [1.165, 1.54) is 0 Å². The van der Waals surface area contributed by atoms with Gasteiger partial charge in [0.25, 0.3) is 0 Å². The third kappa shape index (κ3) is 7.06. The molecule has 3 N–H and O–H groups in total. The van der Waals surface area contributed by atoms with Gasteiger partial charge in [-0.2, -0.15) is 5.11 Å². The monoisotopic (exact) mass is 556 g/mol. The molecule has 0 unspecified atom stereocenters. The average Bonchev–Trinajstić information content (AvgIpc) is 3.53. The van der Waals surface area contributed by atoms with Crippen LogP contribution < -0.4 is 11.1 Å². The minimum atomic E-state index is -0.494. The molecule has 0 spiro atoms. The third-order valence-electron chi connectivity index (χ3n) is 7.79. The van der Waals surface area contributed by atoms with E-state index in [2.05, 4.69) is 25.5 Å². The molecule has 9 heteroatoms. The number of amides is 1. The number of pyridine rings is 1. The molecule has 1 aliphatic heterocycles. The van der Waals surface area contributed by atoms with E-state index in [1.54, 1.807) is 12.4 Å². The molecule has 1 aromatic heterocycles. The Bertz CT molecular complexity index is 1400. The summed E-state index contributed by atoms with van der Waals surface area (Å²) in [7, 11) is 0. The van der Waals surface area contributed by atoms with Crippen LogP contribution in [0.1, 0.15) is 43.2 Å². The first kappa shape index (κ1) is 27.8. The molecule has 1 atom stereocenters. The Morgan fingerprint density at radius 1 is 0.950 bits per heavy atom. The average molecular weight is 557 g/mol. The lowest BCUT2D eigenvalue weighted by Gasteiger charge is -2.27. The molecule has 5 rings (SSSR count). The lowest BCUT2D eigenvalue weighted by Crippen LogP contribution is -2.31. The summed E-state index contributed by atoms with van der Waals surface area (Å²) in [4.78, 5) is 35.3. The van der Waals surface area contributed by atoms with Gasteiger partial charge in [-0.05, 0) is 86.0 Å². The number of aromatic nitrogens is 1. The van der Waals surface area contributed by atoms with Crippen LogP contribution >= 0.6 is 11.6 Å². The number of halogens is 1. The van der Waals surface area contributed by atoms with Crippen LogP contribution in [0.2, 0.25) is 5.02 Å². The van der Waals surface area contributed by atoms with Crippen LogP contribution in [0.15, 0.2) is 82.2 Å². The lowest BCUT2D eigenvalue weighted by molar-refractivity contribution is -0.129. The van der Waals surface area contributed by atoms with E-state index < -0.39 is 5.92 Å². The van der Waals surface area contributed by atoms with E-state index in [1.807, 2.05) is 54.6 Å². The maximum Gasteiger partial charge on any atom is 0.228 e. The Balaban J connectivity index is 1.30. The highest BCUT2D eigenvalue weighted by Gasteiger charge is 2.30. The molecule has 0 saturated heterocycles. The second-order valence-corrected chi connectivity index (χ2v) is 11.0. The molecule has 1 fully saturated rings. The van der Waals surface area contributed by atoms with Crippen molar-refractivity contribution >= 4 is 34.8 Å². The zero-order chi connectivity index (χ0) is 27.9. The first-order chi connectivity index (χ1) is 19.5. The van der Waals surface area contributed by atoms with Gasteiger partial charge in [0.05, 0.1) is 5.02 Å². The number of hydrogen-bond acceptors (Lipinski definition) is 7. The van der Waals surface area contributed by atoms with Gasteiger partial charge < -0.3 is 11.1 Å². The third-order valence-corrected chi connectivity index (χ3v) is 7.99. The number of benzene rings is 2.